The Hall–Kier alpha value is -3.74. The normalized spacial score (nSPS) is 14.8. The summed E-state index contributed by atoms with van der Waals surface area (Å²) in [6, 6.07) is 13.6. The third-order valence-electron chi connectivity index (χ3n) is 4.17. The zero-order valence-electron chi connectivity index (χ0n) is 15.6. The number of esters is 1. The Morgan fingerprint density at radius 3 is 2.21 bits per heavy atom. The molecule has 1 aliphatic rings. The molecule has 1 aliphatic heterocycles. The van der Waals surface area contributed by atoms with Crippen LogP contribution in [0.4, 0.5) is 0 Å². The fraction of sp³-hybridized carbons (Fsp3) is 0.143. The predicted molar refractivity (Wildman–Crippen MR) is 104 cm³/mol. The molecule has 0 saturated heterocycles. The van der Waals surface area contributed by atoms with Crippen molar-refractivity contribution in [2.24, 2.45) is 9.98 Å². The van der Waals surface area contributed by atoms with Crippen molar-refractivity contribution in [2.75, 3.05) is 14.2 Å². The quantitative estimate of drug-likeness (QED) is 0.501. The highest BCUT2D eigenvalue weighted by atomic mass is 16.5. The molecule has 1 amide bonds. The van der Waals surface area contributed by atoms with E-state index < -0.39 is 11.9 Å². The standard InChI is InChI=1S/C21H18N2O5/c1-12(24)17(21(26)28-3)18-15-6-4-5-7-16(15)19(22-18)23-20(25)13-8-10-14(27-2)11-9-13/h4-11,24H,1-3H3. The molecule has 2 aromatic rings. The van der Waals surface area contributed by atoms with E-state index in [1.54, 1.807) is 48.5 Å². The number of aliphatic hydroxyl groups excluding tert-OH is 1. The van der Waals surface area contributed by atoms with E-state index in [9.17, 15) is 14.7 Å². The first-order valence-electron chi connectivity index (χ1n) is 8.40. The summed E-state index contributed by atoms with van der Waals surface area (Å²) < 4.78 is 9.84. The Morgan fingerprint density at radius 1 is 1.00 bits per heavy atom. The second-order valence-corrected chi connectivity index (χ2v) is 5.93. The first-order chi connectivity index (χ1) is 13.5. The molecule has 2 aromatic carbocycles. The minimum Gasteiger partial charge on any atom is -0.512 e. The number of carbonyl (C=O) groups excluding carboxylic acids is 2. The number of amides is 1. The van der Waals surface area contributed by atoms with Crippen molar-refractivity contribution in [1.82, 2.24) is 0 Å². The van der Waals surface area contributed by atoms with Crippen molar-refractivity contribution < 1.29 is 24.2 Å². The van der Waals surface area contributed by atoms with Crippen molar-refractivity contribution >= 4 is 23.4 Å². The number of carbonyl (C=O) groups is 2. The molecular formula is C21H18N2O5. The monoisotopic (exact) mass is 378 g/mol. The number of allylic oxidation sites excluding steroid dienone is 1. The lowest BCUT2D eigenvalue weighted by atomic mass is 9.99. The number of benzene rings is 2. The van der Waals surface area contributed by atoms with Crippen LogP contribution in [0.5, 0.6) is 5.75 Å². The van der Waals surface area contributed by atoms with Crippen LogP contribution < -0.4 is 4.74 Å². The van der Waals surface area contributed by atoms with Gasteiger partial charge >= 0.3 is 5.97 Å². The summed E-state index contributed by atoms with van der Waals surface area (Å²) in [5.41, 5.74) is 1.68. The van der Waals surface area contributed by atoms with Crippen LogP contribution in [0, 0.1) is 0 Å². The van der Waals surface area contributed by atoms with E-state index in [4.69, 9.17) is 9.47 Å². The topological polar surface area (TPSA) is 97.6 Å². The third-order valence-corrected chi connectivity index (χ3v) is 4.17. The summed E-state index contributed by atoms with van der Waals surface area (Å²) in [4.78, 5) is 33.1. The lowest BCUT2D eigenvalue weighted by Gasteiger charge is -2.07. The highest BCUT2D eigenvalue weighted by Crippen LogP contribution is 2.26. The van der Waals surface area contributed by atoms with Crippen molar-refractivity contribution in [3.8, 4) is 5.75 Å². The van der Waals surface area contributed by atoms with Gasteiger partial charge in [-0.1, -0.05) is 24.3 Å². The van der Waals surface area contributed by atoms with E-state index >= 15 is 0 Å². The van der Waals surface area contributed by atoms with Crippen molar-refractivity contribution in [1.29, 1.82) is 0 Å². The van der Waals surface area contributed by atoms with Gasteiger partial charge in [0.15, 0.2) is 5.84 Å². The van der Waals surface area contributed by atoms with Gasteiger partial charge in [0.2, 0.25) is 0 Å². The van der Waals surface area contributed by atoms with E-state index in [2.05, 4.69) is 9.98 Å². The maximum absolute atomic E-state index is 12.6. The number of amidine groups is 1. The van der Waals surface area contributed by atoms with Crippen LogP contribution in [0.1, 0.15) is 28.4 Å². The molecule has 0 saturated carbocycles. The number of ether oxygens (including phenoxy) is 2. The number of fused-ring (bicyclic) bond motifs is 1. The van der Waals surface area contributed by atoms with Gasteiger partial charge in [-0.2, -0.15) is 4.99 Å². The first-order valence-corrected chi connectivity index (χ1v) is 8.40. The van der Waals surface area contributed by atoms with Gasteiger partial charge in [0, 0.05) is 16.7 Å². The number of aliphatic imine (C=N–C) groups is 2. The lowest BCUT2D eigenvalue weighted by Crippen LogP contribution is -2.16. The minimum absolute atomic E-state index is 0.0722. The Balaban J connectivity index is 2.07. The van der Waals surface area contributed by atoms with Gasteiger partial charge in [-0.3, -0.25) is 4.79 Å². The van der Waals surface area contributed by atoms with Crippen LogP contribution in [0.25, 0.3) is 0 Å². The number of methoxy groups -OCH3 is 2. The van der Waals surface area contributed by atoms with Crippen LogP contribution in [-0.4, -0.2) is 42.7 Å². The molecular weight excluding hydrogens is 360 g/mol. The lowest BCUT2D eigenvalue weighted by molar-refractivity contribution is -0.135. The molecule has 7 nitrogen and oxygen atoms in total. The molecule has 0 radical (unpaired) electrons. The fourth-order valence-corrected chi connectivity index (χ4v) is 2.80. The number of rotatable bonds is 4. The Bertz CT molecular complexity index is 1030. The highest BCUT2D eigenvalue weighted by molar-refractivity contribution is 6.36. The van der Waals surface area contributed by atoms with Crippen molar-refractivity contribution in [3.05, 3.63) is 76.6 Å². The molecule has 3 rings (SSSR count). The molecule has 7 heteroatoms. The average molecular weight is 378 g/mol. The molecule has 0 spiro atoms. The van der Waals surface area contributed by atoms with Crippen molar-refractivity contribution in [2.45, 2.75) is 6.92 Å². The molecule has 0 aromatic heterocycles. The van der Waals surface area contributed by atoms with Crippen LogP contribution >= 0.6 is 0 Å². The predicted octanol–water partition coefficient (Wildman–Crippen LogP) is 3.09. The van der Waals surface area contributed by atoms with E-state index in [1.165, 1.54) is 21.1 Å². The van der Waals surface area contributed by atoms with Gasteiger partial charge in [-0.05, 0) is 31.2 Å². The second-order valence-electron chi connectivity index (χ2n) is 5.93. The number of aliphatic hydroxyl groups is 1. The summed E-state index contributed by atoms with van der Waals surface area (Å²) in [6.07, 6.45) is 0. The van der Waals surface area contributed by atoms with E-state index in [0.717, 1.165) is 0 Å². The Kier molecular flexibility index (Phi) is 5.35. The smallest absolute Gasteiger partial charge is 0.343 e. The SMILES string of the molecule is COC(=O)C(C1=NC(=NC(=O)c2ccc(OC)cc2)c2ccccc21)=C(C)O. The number of hydrogen-bond donors (Lipinski definition) is 1. The second kappa shape index (κ2) is 7.87. The fourth-order valence-electron chi connectivity index (χ4n) is 2.80. The maximum atomic E-state index is 12.6. The van der Waals surface area contributed by atoms with Crippen LogP contribution in [-0.2, 0) is 9.53 Å². The molecule has 142 valence electrons. The van der Waals surface area contributed by atoms with E-state index in [0.29, 0.717) is 22.4 Å². The zero-order chi connectivity index (χ0) is 20.3. The van der Waals surface area contributed by atoms with Gasteiger partial charge in [-0.25, -0.2) is 9.79 Å². The third kappa shape index (κ3) is 3.55. The van der Waals surface area contributed by atoms with Crippen LogP contribution in [0.15, 0.2) is 69.8 Å². The van der Waals surface area contributed by atoms with Gasteiger partial charge in [0.25, 0.3) is 5.91 Å². The summed E-state index contributed by atoms with van der Waals surface area (Å²) in [7, 11) is 2.76. The molecule has 0 aliphatic carbocycles. The van der Waals surface area contributed by atoms with E-state index in [-0.39, 0.29) is 22.9 Å². The van der Waals surface area contributed by atoms with Gasteiger partial charge < -0.3 is 14.6 Å². The maximum Gasteiger partial charge on any atom is 0.343 e. The van der Waals surface area contributed by atoms with Gasteiger partial charge in [0.1, 0.15) is 17.1 Å². The van der Waals surface area contributed by atoms with Gasteiger partial charge in [-0.15, -0.1) is 0 Å². The van der Waals surface area contributed by atoms with Crippen molar-refractivity contribution in [3.63, 3.8) is 0 Å². The van der Waals surface area contributed by atoms with Gasteiger partial charge in [0.05, 0.1) is 19.9 Å². The summed E-state index contributed by atoms with van der Waals surface area (Å²) in [5, 5.41) is 9.97. The zero-order valence-corrected chi connectivity index (χ0v) is 15.6. The molecule has 1 N–H and O–H groups in total. The molecule has 0 atom stereocenters. The summed E-state index contributed by atoms with van der Waals surface area (Å²) in [5.74, 6) is -0.655. The molecule has 0 unspecified atom stereocenters. The Morgan fingerprint density at radius 2 is 1.64 bits per heavy atom. The minimum atomic E-state index is -0.726. The van der Waals surface area contributed by atoms with Crippen LogP contribution in [0.3, 0.4) is 0 Å². The molecule has 0 bridgehead atoms. The van der Waals surface area contributed by atoms with E-state index in [1.807, 2.05) is 0 Å². The number of nitrogens with zero attached hydrogens (tertiary/aromatic N) is 2. The summed E-state index contributed by atoms with van der Waals surface area (Å²) in [6.45, 7) is 1.37. The average Bonchev–Trinajstić information content (AvgIpc) is 3.06. The highest BCUT2D eigenvalue weighted by Gasteiger charge is 2.30. The Labute approximate surface area is 161 Å². The molecule has 1 heterocycles. The first kappa shape index (κ1) is 19.0. The largest absolute Gasteiger partial charge is 0.512 e. The molecule has 28 heavy (non-hydrogen) atoms. The molecule has 0 fully saturated rings. The van der Waals surface area contributed by atoms with Crippen LogP contribution in [0.2, 0.25) is 0 Å². The summed E-state index contributed by atoms with van der Waals surface area (Å²) >= 11 is 0. The number of hydrogen-bond acceptors (Lipinski definition) is 5.